The van der Waals surface area contributed by atoms with Gasteiger partial charge in [0.1, 0.15) is 0 Å². The molecule has 0 spiro atoms. The first-order valence-corrected chi connectivity index (χ1v) is 7.04. The summed E-state index contributed by atoms with van der Waals surface area (Å²) in [7, 11) is 0. The fourth-order valence-electron chi connectivity index (χ4n) is 2.28. The highest BCUT2D eigenvalue weighted by molar-refractivity contribution is 7.99. The molecule has 1 aliphatic carbocycles. The lowest BCUT2D eigenvalue weighted by Gasteiger charge is -2.20. The summed E-state index contributed by atoms with van der Waals surface area (Å²) >= 11 is 1.95. The van der Waals surface area contributed by atoms with Crippen molar-refractivity contribution in [2.24, 2.45) is 5.73 Å². The second kappa shape index (κ2) is 5.19. The van der Waals surface area contributed by atoms with Gasteiger partial charge in [-0.3, -0.25) is 4.98 Å². The largest absolute Gasteiger partial charge is 0.326 e. The van der Waals surface area contributed by atoms with E-state index in [1.807, 2.05) is 24.0 Å². The third-order valence-corrected chi connectivity index (χ3v) is 4.38. The second-order valence-electron chi connectivity index (χ2n) is 4.74. The third-order valence-electron chi connectivity index (χ3n) is 3.14. The average molecular weight is 236 g/mol. The summed E-state index contributed by atoms with van der Waals surface area (Å²) in [6.45, 7) is 4.44. The number of nitrogens with zero attached hydrogens (tertiary/aromatic N) is 1. The molecule has 88 valence electrons. The zero-order valence-corrected chi connectivity index (χ0v) is 10.8. The van der Waals surface area contributed by atoms with Crippen LogP contribution in [0.2, 0.25) is 0 Å². The van der Waals surface area contributed by atoms with Gasteiger partial charge in [-0.05, 0) is 29.7 Å². The van der Waals surface area contributed by atoms with E-state index < -0.39 is 0 Å². The van der Waals surface area contributed by atoms with Crippen LogP contribution in [0.5, 0.6) is 0 Å². The normalized spacial score (nSPS) is 21.1. The van der Waals surface area contributed by atoms with Gasteiger partial charge >= 0.3 is 0 Å². The summed E-state index contributed by atoms with van der Waals surface area (Å²) in [5.41, 5.74) is 8.93. The van der Waals surface area contributed by atoms with Gasteiger partial charge in [0.2, 0.25) is 0 Å². The second-order valence-corrected chi connectivity index (χ2v) is 6.35. The molecule has 0 aromatic carbocycles. The first-order chi connectivity index (χ1) is 7.68. The molecule has 0 fully saturated rings. The Balaban J connectivity index is 2.01. The van der Waals surface area contributed by atoms with Crippen molar-refractivity contribution in [2.75, 3.05) is 5.75 Å². The first kappa shape index (κ1) is 11.9. The Bertz CT molecular complexity index is 352. The maximum atomic E-state index is 6.28. The van der Waals surface area contributed by atoms with Gasteiger partial charge in [0, 0.05) is 29.6 Å². The molecule has 1 aromatic heterocycles. The topological polar surface area (TPSA) is 38.9 Å². The minimum Gasteiger partial charge on any atom is -0.326 e. The number of fused-ring (bicyclic) bond motifs is 1. The summed E-state index contributed by atoms with van der Waals surface area (Å²) in [6, 6.07) is 4.46. The van der Waals surface area contributed by atoms with Gasteiger partial charge in [0.25, 0.3) is 0 Å². The molecule has 2 nitrogen and oxygen atoms in total. The maximum absolute atomic E-state index is 6.28. The molecule has 0 radical (unpaired) electrons. The Labute approximate surface area is 102 Å². The van der Waals surface area contributed by atoms with Crippen molar-refractivity contribution in [1.82, 2.24) is 4.98 Å². The quantitative estimate of drug-likeness (QED) is 0.873. The molecule has 2 atom stereocenters. The lowest BCUT2D eigenvalue weighted by molar-refractivity contribution is 0.560. The number of hydrogen-bond donors (Lipinski definition) is 1. The van der Waals surface area contributed by atoms with Crippen molar-refractivity contribution in [3.63, 3.8) is 0 Å². The Morgan fingerprint density at radius 2 is 2.38 bits per heavy atom. The predicted octanol–water partition coefficient (Wildman–Crippen LogP) is 2.58. The van der Waals surface area contributed by atoms with Gasteiger partial charge in [-0.1, -0.05) is 19.9 Å². The van der Waals surface area contributed by atoms with Crippen molar-refractivity contribution >= 4 is 11.8 Å². The third kappa shape index (κ3) is 2.58. The fourth-order valence-corrected chi connectivity index (χ4v) is 3.12. The molecule has 0 saturated heterocycles. The smallest absolute Gasteiger partial charge is 0.0482 e. The highest BCUT2D eigenvalue weighted by atomic mass is 32.2. The fraction of sp³-hybridized carbons (Fsp3) is 0.615. The molecule has 2 N–H and O–H groups in total. The van der Waals surface area contributed by atoms with Crippen molar-refractivity contribution < 1.29 is 0 Å². The molecule has 1 aliphatic rings. The van der Waals surface area contributed by atoms with Gasteiger partial charge in [0.05, 0.1) is 0 Å². The Hall–Kier alpha value is -0.540. The van der Waals surface area contributed by atoms with Crippen LogP contribution in [0.15, 0.2) is 18.3 Å². The number of pyridine rings is 1. The number of hydrogen-bond acceptors (Lipinski definition) is 3. The molecular formula is C13H20N2S. The zero-order valence-electron chi connectivity index (χ0n) is 10.0. The van der Waals surface area contributed by atoms with Crippen LogP contribution in [-0.2, 0) is 6.42 Å². The number of aromatic nitrogens is 1. The van der Waals surface area contributed by atoms with Crippen LogP contribution in [-0.4, -0.2) is 22.0 Å². The Morgan fingerprint density at radius 1 is 1.56 bits per heavy atom. The number of thioether (sulfide) groups is 1. The molecular weight excluding hydrogens is 216 g/mol. The Morgan fingerprint density at radius 3 is 3.12 bits per heavy atom. The lowest BCUT2D eigenvalue weighted by atomic mass is 9.99. The van der Waals surface area contributed by atoms with Crippen LogP contribution < -0.4 is 5.73 Å². The van der Waals surface area contributed by atoms with E-state index in [0.29, 0.717) is 11.2 Å². The SMILES string of the molecule is CC(C)SCC(N)C1CCc2cccnc21. The average Bonchev–Trinajstić information content (AvgIpc) is 2.69. The summed E-state index contributed by atoms with van der Waals surface area (Å²) in [6.07, 6.45) is 4.21. The number of aryl methyl sites for hydroxylation is 1. The molecule has 2 rings (SSSR count). The molecule has 2 unspecified atom stereocenters. The van der Waals surface area contributed by atoms with Gasteiger partial charge in [-0.15, -0.1) is 0 Å². The van der Waals surface area contributed by atoms with Crippen LogP contribution in [0.1, 0.15) is 37.4 Å². The highest BCUT2D eigenvalue weighted by Crippen LogP contribution is 2.34. The van der Waals surface area contributed by atoms with Gasteiger partial charge in [-0.25, -0.2) is 0 Å². The lowest BCUT2D eigenvalue weighted by Crippen LogP contribution is -2.30. The van der Waals surface area contributed by atoms with Crippen LogP contribution >= 0.6 is 11.8 Å². The van der Waals surface area contributed by atoms with Crippen molar-refractivity contribution in [1.29, 1.82) is 0 Å². The molecule has 0 amide bonds. The van der Waals surface area contributed by atoms with E-state index in [0.717, 1.165) is 12.2 Å². The van der Waals surface area contributed by atoms with Crippen molar-refractivity contribution in [3.8, 4) is 0 Å². The zero-order chi connectivity index (χ0) is 11.5. The van der Waals surface area contributed by atoms with E-state index in [1.165, 1.54) is 17.7 Å². The molecule has 0 saturated carbocycles. The van der Waals surface area contributed by atoms with E-state index in [2.05, 4.69) is 24.9 Å². The standard InChI is InChI=1S/C13H20N2S/c1-9(2)16-8-12(14)11-6-5-10-4-3-7-15-13(10)11/h3-4,7,9,11-12H,5-6,8,14H2,1-2H3. The van der Waals surface area contributed by atoms with Crippen LogP contribution in [0.4, 0.5) is 0 Å². The molecule has 16 heavy (non-hydrogen) atoms. The summed E-state index contributed by atoms with van der Waals surface area (Å²) < 4.78 is 0. The van der Waals surface area contributed by atoms with E-state index >= 15 is 0 Å². The van der Waals surface area contributed by atoms with Gasteiger partial charge < -0.3 is 5.73 Å². The first-order valence-electron chi connectivity index (χ1n) is 5.99. The highest BCUT2D eigenvalue weighted by Gasteiger charge is 2.28. The van der Waals surface area contributed by atoms with E-state index in [9.17, 15) is 0 Å². The Kier molecular flexibility index (Phi) is 3.87. The van der Waals surface area contributed by atoms with Crippen LogP contribution in [0.25, 0.3) is 0 Å². The van der Waals surface area contributed by atoms with Gasteiger partial charge in [0.15, 0.2) is 0 Å². The minimum absolute atomic E-state index is 0.253. The van der Waals surface area contributed by atoms with E-state index in [1.54, 1.807) is 0 Å². The van der Waals surface area contributed by atoms with Crippen LogP contribution in [0.3, 0.4) is 0 Å². The summed E-state index contributed by atoms with van der Waals surface area (Å²) in [5.74, 6) is 1.51. The predicted molar refractivity (Wildman–Crippen MR) is 70.9 cm³/mol. The summed E-state index contributed by atoms with van der Waals surface area (Å²) in [5, 5.41) is 0.663. The van der Waals surface area contributed by atoms with Crippen molar-refractivity contribution in [2.45, 2.75) is 43.9 Å². The number of nitrogens with two attached hydrogens (primary N) is 1. The van der Waals surface area contributed by atoms with Crippen molar-refractivity contribution in [3.05, 3.63) is 29.6 Å². The maximum Gasteiger partial charge on any atom is 0.0482 e. The molecule has 3 heteroatoms. The van der Waals surface area contributed by atoms with E-state index in [-0.39, 0.29) is 6.04 Å². The molecule has 1 aromatic rings. The molecule has 1 heterocycles. The van der Waals surface area contributed by atoms with Crippen LogP contribution in [0, 0.1) is 0 Å². The monoisotopic (exact) mass is 236 g/mol. The molecule has 0 bridgehead atoms. The minimum atomic E-state index is 0.253. The summed E-state index contributed by atoms with van der Waals surface area (Å²) in [4.78, 5) is 4.50. The number of rotatable bonds is 4. The molecule has 0 aliphatic heterocycles. The van der Waals surface area contributed by atoms with Gasteiger partial charge in [-0.2, -0.15) is 11.8 Å². The van der Waals surface area contributed by atoms with E-state index in [4.69, 9.17) is 5.73 Å².